The largest absolute Gasteiger partial charge is 0.497 e. The van der Waals surface area contributed by atoms with Crippen molar-refractivity contribution in [2.45, 2.75) is 45.3 Å². The van der Waals surface area contributed by atoms with E-state index >= 15 is 0 Å². The first-order valence-corrected chi connectivity index (χ1v) is 15.5. The fourth-order valence-electron chi connectivity index (χ4n) is 4.40. The molecule has 1 N–H and O–H groups in total. The Balaban J connectivity index is 2.10. The molecule has 42 heavy (non-hydrogen) atoms. The van der Waals surface area contributed by atoms with Crippen LogP contribution in [0.4, 0.5) is 5.69 Å². The summed E-state index contributed by atoms with van der Waals surface area (Å²) in [6.07, 6.45) is 1.23. The molecule has 2 amide bonds. The number of anilines is 1. The number of ether oxygens (including phenoxy) is 2. The molecular weight excluding hydrogens is 578 g/mol. The molecule has 0 aliphatic rings. The summed E-state index contributed by atoms with van der Waals surface area (Å²) in [5, 5.41) is 3.19. The van der Waals surface area contributed by atoms with Gasteiger partial charge in [-0.25, -0.2) is 8.42 Å². The Morgan fingerprint density at radius 2 is 1.60 bits per heavy atom. The van der Waals surface area contributed by atoms with Crippen LogP contribution in [0.25, 0.3) is 0 Å². The molecule has 0 saturated carbocycles. The third kappa shape index (κ3) is 9.12. The number of nitrogens with zero attached hydrogens (tertiary/aromatic N) is 2. The van der Waals surface area contributed by atoms with Gasteiger partial charge in [0.1, 0.15) is 24.1 Å². The van der Waals surface area contributed by atoms with Crippen molar-refractivity contribution in [1.29, 1.82) is 0 Å². The molecule has 3 aromatic rings. The molecule has 9 nitrogen and oxygen atoms in total. The van der Waals surface area contributed by atoms with E-state index in [1.54, 1.807) is 25.3 Å². The molecule has 0 spiro atoms. The van der Waals surface area contributed by atoms with Crippen LogP contribution in [0.1, 0.15) is 31.9 Å². The number of halogens is 1. The van der Waals surface area contributed by atoms with E-state index in [1.807, 2.05) is 57.2 Å². The van der Waals surface area contributed by atoms with Gasteiger partial charge >= 0.3 is 0 Å². The lowest BCUT2D eigenvalue weighted by Crippen LogP contribution is -2.56. The number of hydrogen-bond donors (Lipinski definition) is 1. The fourth-order valence-corrected chi connectivity index (χ4v) is 5.49. The van der Waals surface area contributed by atoms with Gasteiger partial charge in [-0.1, -0.05) is 54.1 Å². The number of sulfonamides is 1. The fraction of sp³-hybridized carbons (Fsp3) is 0.355. The Morgan fingerprint density at radius 3 is 2.17 bits per heavy atom. The molecule has 3 aromatic carbocycles. The van der Waals surface area contributed by atoms with Gasteiger partial charge in [0.15, 0.2) is 0 Å². The van der Waals surface area contributed by atoms with Crippen LogP contribution < -0.4 is 19.1 Å². The number of amides is 2. The average Bonchev–Trinajstić information content (AvgIpc) is 2.92. The second-order valence-electron chi connectivity index (χ2n) is 10.9. The molecule has 1 atom stereocenters. The zero-order valence-electron chi connectivity index (χ0n) is 24.8. The Bertz CT molecular complexity index is 1490. The van der Waals surface area contributed by atoms with E-state index in [4.69, 9.17) is 21.1 Å². The molecule has 0 aliphatic heterocycles. The van der Waals surface area contributed by atoms with Crippen LogP contribution in [0.2, 0.25) is 5.02 Å². The van der Waals surface area contributed by atoms with Crippen molar-refractivity contribution >= 4 is 39.1 Å². The van der Waals surface area contributed by atoms with Crippen LogP contribution in [0.15, 0.2) is 72.8 Å². The maximum atomic E-state index is 14.2. The van der Waals surface area contributed by atoms with Gasteiger partial charge in [-0.05, 0) is 62.2 Å². The number of hydrogen-bond acceptors (Lipinski definition) is 6. The number of rotatable bonds is 12. The lowest BCUT2D eigenvalue weighted by atomic mass is 10.0. The highest BCUT2D eigenvalue weighted by atomic mass is 35.5. The van der Waals surface area contributed by atoms with Crippen molar-refractivity contribution in [3.63, 3.8) is 0 Å². The molecule has 0 heterocycles. The SMILES string of the molecule is COc1cccc(CN(C(=O)CN(c2ccc(OC)c(Cl)c2)S(C)(=O)=O)[C@H](Cc2ccccc2)C(=O)NC(C)(C)C)c1. The van der Waals surface area contributed by atoms with E-state index in [0.717, 1.165) is 16.1 Å². The quantitative estimate of drug-likeness (QED) is 0.317. The zero-order chi connectivity index (χ0) is 31.1. The first-order valence-electron chi connectivity index (χ1n) is 13.3. The standard InChI is InChI=1S/C31H38ClN3O6S/c1-31(2,3)33-30(37)27(18-22-11-8-7-9-12-22)34(20-23-13-10-14-25(17-23)40-4)29(36)21-35(42(6,38)39)24-15-16-28(41-5)26(32)19-24/h7-17,19,27H,18,20-21H2,1-6H3,(H,33,37)/t27-/m1/s1. The lowest BCUT2D eigenvalue weighted by molar-refractivity contribution is -0.140. The predicted molar refractivity (Wildman–Crippen MR) is 166 cm³/mol. The molecule has 0 aliphatic carbocycles. The molecule has 0 aromatic heterocycles. The van der Waals surface area contributed by atoms with E-state index in [2.05, 4.69) is 5.32 Å². The molecular formula is C31H38ClN3O6S. The Morgan fingerprint density at radius 1 is 0.929 bits per heavy atom. The van der Waals surface area contributed by atoms with Gasteiger partial charge in [0, 0.05) is 18.5 Å². The minimum absolute atomic E-state index is 0.0338. The first kappa shape index (κ1) is 32.8. The van der Waals surface area contributed by atoms with Gasteiger partial charge in [-0.2, -0.15) is 0 Å². The van der Waals surface area contributed by atoms with Gasteiger partial charge in [0.25, 0.3) is 0 Å². The number of methoxy groups -OCH3 is 2. The van der Waals surface area contributed by atoms with Crippen molar-refractivity contribution in [3.05, 3.63) is 88.9 Å². The third-order valence-electron chi connectivity index (χ3n) is 6.36. The van der Waals surface area contributed by atoms with Crippen molar-refractivity contribution in [3.8, 4) is 11.5 Å². The van der Waals surface area contributed by atoms with Crippen LogP contribution >= 0.6 is 11.6 Å². The van der Waals surface area contributed by atoms with Crippen LogP contribution in [-0.4, -0.2) is 63.7 Å². The van der Waals surface area contributed by atoms with E-state index in [9.17, 15) is 18.0 Å². The van der Waals surface area contributed by atoms with E-state index in [-0.39, 0.29) is 29.6 Å². The van der Waals surface area contributed by atoms with Crippen LogP contribution in [0.5, 0.6) is 11.5 Å². The van der Waals surface area contributed by atoms with Gasteiger partial charge in [-0.3, -0.25) is 13.9 Å². The molecule has 11 heteroatoms. The van der Waals surface area contributed by atoms with Gasteiger partial charge in [0.2, 0.25) is 21.8 Å². The highest BCUT2D eigenvalue weighted by Gasteiger charge is 2.34. The van der Waals surface area contributed by atoms with Crippen LogP contribution in [0.3, 0.4) is 0 Å². The number of nitrogens with one attached hydrogen (secondary N) is 1. The Kier molecular flexibility index (Phi) is 10.9. The van der Waals surface area contributed by atoms with Gasteiger partial charge < -0.3 is 19.7 Å². The second-order valence-corrected chi connectivity index (χ2v) is 13.2. The summed E-state index contributed by atoms with van der Waals surface area (Å²) in [4.78, 5) is 29.4. The molecule has 0 saturated heterocycles. The summed E-state index contributed by atoms with van der Waals surface area (Å²) in [7, 11) is -0.942. The Hall–Kier alpha value is -3.76. The molecule has 0 unspecified atom stereocenters. The minimum Gasteiger partial charge on any atom is -0.497 e. The highest BCUT2D eigenvalue weighted by molar-refractivity contribution is 7.92. The maximum Gasteiger partial charge on any atom is 0.244 e. The normalized spacial score (nSPS) is 12.3. The van der Waals surface area contributed by atoms with Crippen molar-refractivity contribution in [2.75, 3.05) is 31.3 Å². The highest BCUT2D eigenvalue weighted by Crippen LogP contribution is 2.30. The summed E-state index contributed by atoms with van der Waals surface area (Å²) in [5.41, 5.74) is 1.17. The summed E-state index contributed by atoms with van der Waals surface area (Å²) in [5.74, 6) is 0.0204. The monoisotopic (exact) mass is 615 g/mol. The van der Waals surface area contributed by atoms with Crippen molar-refractivity contribution < 1.29 is 27.5 Å². The lowest BCUT2D eigenvalue weighted by Gasteiger charge is -2.35. The predicted octanol–water partition coefficient (Wildman–Crippen LogP) is 4.68. The molecule has 0 radical (unpaired) electrons. The maximum absolute atomic E-state index is 14.2. The summed E-state index contributed by atoms with van der Waals surface area (Å²) in [6, 6.07) is 20.0. The van der Waals surface area contributed by atoms with Crippen LogP contribution in [0, 0.1) is 0 Å². The van der Waals surface area contributed by atoms with Crippen molar-refractivity contribution in [1.82, 2.24) is 10.2 Å². The molecule has 0 bridgehead atoms. The van der Waals surface area contributed by atoms with E-state index in [1.165, 1.54) is 30.2 Å². The topological polar surface area (TPSA) is 105 Å². The summed E-state index contributed by atoms with van der Waals surface area (Å²) in [6.45, 7) is 5.05. The number of carbonyl (C=O) groups excluding carboxylic acids is 2. The smallest absolute Gasteiger partial charge is 0.244 e. The van der Waals surface area contributed by atoms with E-state index in [0.29, 0.717) is 17.1 Å². The first-order chi connectivity index (χ1) is 19.7. The Labute approximate surface area is 253 Å². The number of benzene rings is 3. The molecule has 226 valence electrons. The van der Waals surface area contributed by atoms with Crippen molar-refractivity contribution in [2.24, 2.45) is 0 Å². The zero-order valence-corrected chi connectivity index (χ0v) is 26.3. The molecule has 3 rings (SSSR count). The second kappa shape index (κ2) is 13.9. The molecule has 0 fully saturated rings. The van der Waals surface area contributed by atoms with Crippen LogP contribution in [-0.2, 0) is 32.6 Å². The summed E-state index contributed by atoms with van der Waals surface area (Å²) < 4.78 is 37.5. The van der Waals surface area contributed by atoms with Gasteiger partial charge in [0.05, 0.1) is 31.2 Å². The summed E-state index contributed by atoms with van der Waals surface area (Å²) >= 11 is 6.30. The van der Waals surface area contributed by atoms with Gasteiger partial charge in [-0.15, -0.1) is 0 Å². The van der Waals surface area contributed by atoms with E-state index < -0.39 is 34.1 Å². The average molecular weight is 616 g/mol. The minimum atomic E-state index is -3.93. The third-order valence-corrected chi connectivity index (χ3v) is 7.79. The number of carbonyl (C=O) groups is 2.